The number of aromatic nitrogens is 2. The number of imidazole rings is 1. The summed E-state index contributed by atoms with van der Waals surface area (Å²) in [4.78, 5) is 16.4. The van der Waals surface area contributed by atoms with Crippen LogP contribution in [0.5, 0.6) is 0 Å². The minimum absolute atomic E-state index is 0.0908. The Balaban J connectivity index is 2.58. The zero-order chi connectivity index (χ0) is 7.40. The van der Waals surface area contributed by atoms with E-state index in [-0.39, 0.29) is 6.42 Å². The van der Waals surface area contributed by atoms with Crippen LogP contribution in [-0.4, -0.2) is 21.4 Å². The molecule has 1 aromatic heterocycles. The second-order valence-corrected chi connectivity index (χ2v) is 1.89. The van der Waals surface area contributed by atoms with Crippen molar-refractivity contribution in [2.45, 2.75) is 12.5 Å². The van der Waals surface area contributed by atoms with Gasteiger partial charge in [0.1, 0.15) is 18.2 Å². The Bertz CT molecular complexity index is 196. The van der Waals surface area contributed by atoms with Gasteiger partial charge in [-0.1, -0.05) is 0 Å². The number of hydrogen-bond acceptors (Lipinski definition) is 3. The highest BCUT2D eigenvalue weighted by atomic mass is 16.3. The van der Waals surface area contributed by atoms with Gasteiger partial charge in [-0.05, 0) is 0 Å². The van der Waals surface area contributed by atoms with Crippen LogP contribution in [0.1, 0.15) is 18.3 Å². The molecular formula is C6H8N2O2. The average Bonchev–Trinajstić information content (AvgIpc) is 2.38. The van der Waals surface area contributed by atoms with Crippen LogP contribution in [-0.2, 0) is 4.79 Å². The maximum Gasteiger partial charge on any atom is 0.135 e. The van der Waals surface area contributed by atoms with E-state index in [4.69, 9.17) is 5.11 Å². The van der Waals surface area contributed by atoms with Gasteiger partial charge in [-0.25, -0.2) is 4.98 Å². The van der Waals surface area contributed by atoms with Crippen LogP contribution in [0.25, 0.3) is 0 Å². The molecule has 1 aromatic rings. The van der Waals surface area contributed by atoms with Gasteiger partial charge in [0.2, 0.25) is 0 Å². The fourth-order valence-corrected chi connectivity index (χ4v) is 0.662. The summed E-state index contributed by atoms with van der Waals surface area (Å²) in [7, 11) is 0. The predicted octanol–water partition coefficient (Wildman–Crippen LogP) is 0.0321. The summed E-state index contributed by atoms with van der Waals surface area (Å²) in [6.07, 6.45) is 3.10. The highest BCUT2D eigenvalue weighted by molar-refractivity contribution is 5.50. The van der Waals surface area contributed by atoms with E-state index in [0.717, 1.165) is 0 Å². The predicted molar refractivity (Wildman–Crippen MR) is 34.2 cm³/mol. The lowest BCUT2D eigenvalue weighted by molar-refractivity contribution is -0.109. The lowest BCUT2D eigenvalue weighted by atomic mass is 10.3. The molecule has 0 spiro atoms. The van der Waals surface area contributed by atoms with Gasteiger partial charge in [0, 0.05) is 18.8 Å². The molecule has 1 rings (SSSR count). The van der Waals surface area contributed by atoms with E-state index < -0.39 is 6.10 Å². The summed E-state index contributed by atoms with van der Waals surface area (Å²) in [5, 5.41) is 9.08. The molecule has 0 saturated heterocycles. The normalized spacial score (nSPS) is 12.9. The number of carbonyl (C=O) groups excluding carboxylic acids is 1. The van der Waals surface area contributed by atoms with Gasteiger partial charge in [0.15, 0.2) is 0 Å². The maximum absolute atomic E-state index is 9.91. The van der Waals surface area contributed by atoms with Crippen molar-refractivity contribution in [2.24, 2.45) is 0 Å². The summed E-state index contributed by atoms with van der Waals surface area (Å²) < 4.78 is 0. The smallest absolute Gasteiger partial charge is 0.135 e. The fourth-order valence-electron chi connectivity index (χ4n) is 0.662. The second kappa shape index (κ2) is 3.12. The molecule has 0 saturated carbocycles. The molecule has 1 unspecified atom stereocenters. The number of aliphatic hydroxyl groups excluding tert-OH is 1. The van der Waals surface area contributed by atoms with E-state index in [1.54, 1.807) is 6.20 Å². The van der Waals surface area contributed by atoms with Gasteiger partial charge in [-0.3, -0.25) is 0 Å². The quantitative estimate of drug-likeness (QED) is 0.582. The van der Waals surface area contributed by atoms with Crippen LogP contribution < -0.4 is 0 Å². The van der Waals surface area contributed by atoms with Crippen LogP contribution in [0.2, 0.25) is 0 Å². The van der Waals surface area contributed by atoms with Crippen molar-refractivity contribution >= 4 is 6.29 Å². The van der Waals surface area contributed by atoms with Crippen LogP contribution >= 0.6 is 0 Å². The summed E-state index contributed by atoms with van der Waals surface area (Å²) >= 11 is 0. The van der Waals surface area contributed by atoms with Crippen molar-refractivity contribution in [3.8, 4) is 0 Å². The molecule has 0 bridgehead atoms. The summed E-state index contributed by atoms with van der Waals surface area (Å²) in [6, 6.07) is 0. The molecule has 4 heteroatoms. The minimum Gasteiger partial charge on any atom is -0.385 e. The van der Waals surface area contributed by atoms with E-state index in [1.165, 1.54) is 6.20 Å². The van der Waals surface area contributed by atoms with Crippen LogP contribution in [0.4, 0.5) is 0 Å². The standard InChI is InChI=1S/C6H8N2O2/c9-4-1-5(10)6-7-2-3-8-6/h2-5,10H,1H2,(H,7,8). The molecule has 1 atom stereocenters. The van der Waals surface area contributed by atoms with E-state index >= 15 is 0 Å². The maximum atomic E-state index is 9.91. The molecule has 0 aliphatic heterocycles. The third-order valence-corrected chi connectivity index (χ3v) is 1.15. The topological polar surface area (TPSA) is 66.0 Å². The highest BCUT2D eigenvalue weighted by Crippen LogP contribution is 2.08. The van der Waals surface area contributed by atoms with Crippen LogP contribution in [0.15, 0.2) is 12.4 Å². The van der Waals surface area contributed by atoms with Gasteiger partial charge in [-0.2, -0.15) is 0 Å². The van der Waals surface area contributed by atoms with E-state index in [9.17, 15) is 4.79 Å². The van der Waals surface area contributed by atoms with Crippen molar-refractivity contribution in [1.29, 1.82) is 0 Å². The average molecular weight is 140 g/mol. The molecule has 0 aliphatic rings. The summed E-state index contributed by atoms with van der Waals surface area (Å²) in [5.74, 6) is 0.437. The molecular weight excluding hydrogens is 132 g/mol. The van der Waals surface area contributed by atoms with Gasteiger partial charge >= 0.3 is 0 Å². The first-order valence-electron chi connectivity index (χ1n) is 2.95. The van der Waals surface area contributed by atoms with E-state index in [2.05, 4.69) is 9.97 Å². The Morgan fingerprint density at radius 3 is 3.20 bits per heavy atom. The Morgan fingerprint density at radius 1 is 1.90 bits per heavy atom. The van der Waals surface area contributed by atoms with Crippen molar-refractivity contribution < 1.29 is 9.90 Å². The Kier molecular flexibility index (Phi) is 2.17. The largest absolute Gasteiger partial charge is 0.385 e. The number of aliphatic hydroxyl groups is 1. The molecule has 0 aliphatic carbocycles. The van der Waals surface area contributed by atoms with E-state index in [0.29, 0.717) is 12.1 Å². The minimum atomic E-state index is -0.785. The van der Waals surface area contributed by atoms with Crippen molar-refractivity contribution in [1.82, 2.24) is 9.97 Å². The fraction of sp³-hybridized carbons (Fsp3) is 0.333. The molecule has 0 aromatic carbocycles. The summed E-state index contributed by atoms with van der Waals surface area (Å²) in [5.41, 5.74) is 0. The highest BCUT2D eigenvalue weighted by Gasteiger charge is 2.07. The number of nitrogens with zero attached hydrogens (tertiary/aromatic N) is 1. The molecule has 0 fully saturated rings. The molecule has 0 amide bonds. The SMILES string of the molecule is O=CCC(O)c1ncc[nH]1. The first-order chi connectivity index (χ1) is 4.84. The number of nitrogens with one attached hydrogen (secondary N) is 1. The third-order valence-electron chi connectivity index (χ3n) is 1.15. The zero-order valence-corrected chi connectivity index (χ0v) is 5.32. The molecule has 2 N–H and O–H groups in total. The van der Waals surface area contributed by atoms with Gasteiger partial charge in [0.05, 0.1) is 0 Å². The monoisotopic (exact) mass is 140 g/mol. The molecule has 0 radical (unpaired) electrons. The van der Waals surface area contributed by atoms with Crippen molar-refractivity contribution in [3.63, 3.8) is 0 Å². The number of aldehydes is 1. The lowest BCUT2D eigenvalue weighted by Gasteiger charge is -1.99. The molecule has 1 heterocycles. The van der Waals surface area contributed by atoms with Gasteiger partial charge in [-0.15, -0.1) is 0 Å². The number of aromatic amines is 1. The zero-order valence-electron chi connectivity index (χ0n) is 5.32. The lowest BCUT2D eigenvalue weighted by Crippen LogP contribution is -1.99. The van der Waals surface area contributed by atoms with E-state index in [1.807, 2.05) is 0 Å². The molecule has 4 nitrogen and oxygen atoms in total. The Morgan fingerprint density at radius 2 is 2.70 bits per heavy atom. The third kappa shape index (κ3) is 1.41. The number of H-pyrrole nitrogens is 1. The number of rotatable bonds is 3. The number of hydrogen-bond donors (Lipinski definition) is 2. The Hall–Kier alpha value is -1.16. The molecule has 10 heavy (non-hydrogen) atoms. The first-order valence-corrected chi connectivity index (χ1v) is 2.95. The Labute approximate surface area is 57.9 Å². The van der Waals surface area contributed by atoms with Gasteiger partial charge < -0.3 is 14.9 Å². The summed E-state index contributed by atoms with van der Waals surface area (Å²) in [6.45, 7) is 0. The molecule has 54 valence electrons. The second-order valence-electron chi connectivity index (χ2n) is 1.89. The van der Waals surface area contributed by atoms with Crippen LogP contribution in [0, 0.1) is 0 Å². The van der Waals surface area contributed by atoms with Gasteiger partial charge in [0.25, 0.3) is 0 Å². The first kappa shape index (κ1) is 6.95. The van der Waals surface area contributed by atoms with Crippen molar-refractivity contribution in [2.75, 3.05) is 0 Å². The van der Waals surface area contributed by atoms with Crippen LogP contribution in [0.3, 0.4) is 0 Å². The van der Waals surface area contributed by atoms with Crippen molar-refractivity contribution in [3.05, 3.63) is 18.2 Å². The number of carbonyl (C=O) groups is 1.